The molecule has 20 heavy (non-hydrogen) atoms. The molecule has 0 aliphatic rings. The van der Waals surface area contributed by atoms with Crippen molar-refractivity contribution in [3.05, 3.63) is 28.8 Å². The molecule has 0 bridgehead atoms. The number of halogens is 1. The minimum Gasteiger partial charge on any atom is -0.374 e. The van der Waals surface area contributed by atoms with Crippen molar-refractivity contribution in [2.45, 2.75) is 45.7 Å². The molecule has 0 radical (unpaired) electrons. The second-order valence-electron chi connectivity index (χ2n) is 4.69. The number of nitriles is 1. The van der Waals surface area contributed by atoms with Gasteiger partial charge in [0, 0.05) is 11.7 Å². The fourth-order valence-corrected chi connectivity index (χ4v) is 2.05. The lowest BCUT2D eigenvalue weighted by molar-refractivity contribution is -0.122. The van der Waals surface area contributed by atoms with Gasteiger partial charge in [0.2, 0.25) is 5.91 Å². The Balaban J connectivity index is 2.66. The van der Waals surface area contributed by atoms with Crippen LogP contribution in [0.1, 0.15) is 39.2 Å². The van der Waals surface area contributed by atoms with Crippen LogP contribution in [0.4, 0.5) is 5.69 Å². The molecule has 4 nitrogen and oxygen atoms in total. The van der Waals surface area contributed by atoms with E-state index in [-0.39, 0.29) is 18.0 Å². The molecule has 108 valence electrons. The van der Waals surface area contributed by atoms with Crippen LogP contribution in [0.5, 0.6) is 0 Å². The second kappa shape index (κ2) is 7.76. The van der Waals surface area contributed by atoms with Gasteiger partial charge in [0.1, 0.15) is 12.1 Å². The number of hydrogen-bond donors (Lipinski definition) is 2. The van der Waals surface area contributed by atoms with Crippen LogP contribution < -0.4 is 10.6 Å². The van der Waals surface area contributed by atoms with E-state index < -0.39 is 0 Å². The molecule has 0 aromatic heterocycles. The Morgan fingerprint density at radius 3 is 2.55 bits per heavy atom. The van der Waals surface area contributed by atoms with Gasteiger partial charge in [-0.3, -0.25) is 4.79 Å². The van der Waals surface area contributed by atoms with Crippen molar-refractivity contribution >= 4 is 23.2 Å². The number of carbonyl (C=O) groups excluding carboxylic acids is 1. The van der Waals surface area contributed by atoms with Gasteiger partial charge in [0.15, 0.2) is 0 Å². The maximum atomic E-state index is 12.0. The normalized spacial score (nSPS) is 11.8. The number of benzene rings is 1. The zero-order valence-corrected chi connectivity index (χ0v) is 12.8. The van der Waals surface area contributed by atoms with Crippen LogP contribution in [-0.2, 0) is 4.79 Å². The molecule has 1 aromatic carbocycles. The summed E-state index contributed by atoms with van der Waals surface area (Å²) >= 11 is 5.96. The Labute approximate surface area is 125 Å². The van der Waals surface area contributed by atoms with Gasteiger partial charge in [-0.25, -0.2) is 0 Å². The van der Waals surface area contributed by atoms with E-state index in [0.717, 1.165) is 18.5 Å². The molecule has 2 N–H and O–H groups in total. The third-order valence-corrected chi connectivity index (χ3v) is 3.51. The summed E-state index contributed by atoms with van der Waals surface area (Å²) in [7, 11) is 0. The lowest BCUT2D eigenvalue weighted by Gasteiger charge is -2.20. The van der Waals surface area contributed by atoms with Crippen molar-refractivity contribution < 1.29 is 4.79 Å². The minimum atomic E-state index is -0.361. The van der Waals surface area contributed by atoms with Crippen LogP contribution in [-0.4, -0.2) is 18.0 Å². The minimum absolute atomic E-state index is 0.0424. The van der Waals surface area contributed by atoms with E-state index in [4.69, 9.17) is 16.9 Å². The number of rotatable bonds is 6. The van der Waals surface area contributed by atoms with E-state index in [0.29, 0.717) is 10.6 Å². The topological polar surface area (TPSA) is 64.9 Å². The van der Waals surface area contributed by atoms with Crippen LogP contribution in [0.2, 0.25) is 5.02 Å². The number of amides is 1. The molecule has 1 unspecified atom stereocenters. The maximum Gasteiger partial charge on any atom is 0.242 e. The molecular formula is C15H20ClN3O. The molecule has 0 aliphatic heterocycles. The van der Waals surface area contributed by atoms with Gasteiger partial charge in [0.25, 0.3) is 0 Å². The fourth-order valence-electron chi connectivity index (χ4n) is 1.83. The zero-order chi connectivity index (χ0) is 15.1. The van der Waals surface area contributed by atoms with Crippen LogP contribution >= 0.6 is 11.6 Å². The number of nitrogens with one attached hydrogen (secondary N) is 2. The SMILES string of the molecule is CCC(CC)NC(=O)C(C)Nc1ccc(C#N)c(Cl)c1. The molecule has 1 rings (SSSR count). The molecule has 0 spiro atoms. The third-order valence-electron chi connectivity index (χ3n) is 3.20. The van der Waals surface area contributed by atoms with Crippen molar-refractivity contribution in [1.29, 1.82) is 5.26 Å². The number of carbonyl (C=O) groups is 1. The zero-order valence-electron chi connectivity index (χ0n) is 12.0. The van der Waals surface area contributed by atoms with Gasteiger partial charge in [-0.05, 0) is 38.0 Å². The number of hydrogen-bond acceptors (Lipinski definition) is 3. The Hall–Kier alpha value is -1.73. The molecule has 0 saturated carbocycles. The average molecular weight is 294 g/mol. The first-order valence-corrected chi connectivity index (χ1v) is 7.16. The van der Waals surface area contributed by atoms with E-state index in [1.807, 2.05) is 19.9 Å². The Morgan fingerprint density at radius 2 is 2.05 bits per heavy atom. The quantitative estimate of drug-likeness (QED) is 0.845. The van der Waals surface area contributed by atoms with Crippen LogP contribution in [0.3, 0.4) is 0 Å². The average Bonchev–Trinajstić information content (AvgIpc) is 2.44. The van der Waals surface area contributed by atoms with Gasteiger partial charge in [-0.1, -0.05) is 25.4 Å². The molecular weight excluding hydrogens is 274 g/mol. The van der Waals surface area contributed by atoms with Crippen molar-refractivity contribution in [1.82, 2.24) is 5.32 Å². The summed E-state index contributed by atoms with van der Waals surface area (Å²) in [4.78, 5) is 12.0. The van der Waals surface area contributed by atoms with Crippen LogP contribution in [0.25, 0.3) is 0 Å². The Bertz CT molecular complexity index is 506. The highest BCUT2D eigenvalue weighted by atomic mass is 35.5. The fraction of sp³-hybridized carbons (Fsp3) is 0.467. The summed E-state index contributed by atoms with van der Waals surface area (Å²) in [5.41, 5.74) is 1.15. The molecule has 0 aliphatic carbocycles. The summed E-state index contributed by atoms with van der Waals surface area (Å²) < 4.78 is 0. The summed E-state index contributed by atoms with van der Waals surface area (Å²) in [5.74, 6) is -0.0424. The van der Waals surface area contributed by atoms with Crippen molar-refractivity contribution in [3.8, 4) is 6.07 Å². The van der Waals surface area contributed by atoms with Crippen LogP contribution in [0.15, 0.2) is 18.2 Å². The van der Waals surface area contributed by atoms with E-state index >= 15 is 0 Å². The number of nitrogens with zero attached hydrogens (tertiary/aromatic N) is 1. The van der Waals surface area contributed by atoms with Gasteiger partial charge < -0.3 is 10.6 Å². The van der Waals surface area contributed by atoms with Gasteiger partial charge >= 0.3 is 0 Å². The van der Waals surface area contributed by atoms with Crippen molar-refractivity contribution in [3.63, 3.8) is 0 Å². The largest absolute Gasteiger partial charge is 0.374 e. The predicted molar refractivity (Wildman–Crippen MR) is 81.8 cm³/mol. The van der Waals surface area contributed by atoms with Crippen molar-refractivity contribution in [2.24, 2.45) is 0 Å². The summed E-state index contributed by atoms with van der Waals surface area (Å²) in [6.45, 7) is 5.89. The first-order valence-electron chi connectivity index (χ1n) is 6.78. The molecule has 0 heterocycles. The molecule has 0 fully saturated rings. The number of anilines is 1. The molecule has 0 saturated heterocycles. The van der Waals surface area contributed by atoms with E-state index in [9.17, 15) is 4.79 Å². The van der Waals surface area contributed by atoms with E-state index in [1.165, 1.54) is 0 Å². The highest BCUT2D eigenvalue weighted by molar-refractivity contribution is 6.32. The monoisotopic (exact) mass is 293 g/mol. The lowest BCUT2D eigenvalue weighted by Crippen LogP contribution is -2.42. The van der Waals surface area contributed by atoms with Crippen molar-refractivity contribution in [2.75, 3.05) is 5.32 Å². The molecule has 1 aromatic rings. The smallest absolute Gasteiger partial charge is 0.242 e. The van der Waals surface area contributed by atoms with Gasteiger partial charge in [-0.2, -0.15) is 5.26 Å². The molecule has 5 heteroatoms. The van der Waals surface area contributed by atoms with Gasteiger partial charge in [0.05, 0.1) is 10.6 Å². The predicted octanol–water partition coefficient (Wildman–Crippen LogP) is 3.32. The highest BCUT2D eigenvalue weighted by Crippen LogP contribution is 2.20. The van der Waals surface area contributed by atoms with Crippen LogP contribution in [0, 0.1) is 11.3 Å². The third kappa shape index (κ3) is 4.43. The standard InChI is InChI=1S/C15H20ClN3O/c1-4-12(5-2)19-15(20)10(3)18-13-7-6-11(9-17)14(16)8-13/h6-8,10,12,18H,4-5H2,1-3H3,(H,19,20). The molecule has 1 amide bonds. The van der Waals surface area contributed by atoms with Gasteiger partial charge in [-0.15, -0.1) is 0 Å². The summed E-state index contributed by atoms with van der Waals surface area (Å²) in [5, 5.41) is 15.3. The van der Waals surface area contributed by atoms with E-state index in [2.05, 4.69) is 10.6 Å². The highest BCUT2D eigenvalue weighted by Gasteiger charge is 2.15. The first kappa shape index (κ1) is 16.3. The summed E-state index contributed by atoms with van der Waals surface area (Å²) in [6.07, 6.45) is 1.83. The first-order chi connectivity index (χ1) is 9.51. The Morgan fingerprint density at radius 1 is 1.40 bits per heavy atom. The Kier molecular flexibility index (Phi) is 6.33. The summed E-state index contributed by atoms with van der Waals surface area (Å²) in [6, 6.07) is 6.87. The molecule has 1 atom stereocenters. The lowest BCUT2D eigenvalue weighted by atomic mass is 10.1. The maximum absolute atomic E-state index is 12.0. The second-order valence-corrected chi connectivity index (χ2v) is 5.10. The van der Waals surface area contributed by atoms with E-state index in [1.54, 1.807) is 25.1 Å².